The second-order valence-electron chi connectivity index (χ2n) is 6.95. The van der Waals surface area contributed by atoms with Gasteiger partial charge in [-0.15, -0.1) is 0 Å². The molecule has 0 spiro atoms. The van der Waals surface area contributed by atoms with Gasteiger partial charge >= 0.3 is 6.03 Å². The minimum Gasteiger partial charge on any atom is -0.472 e. The summed E-state index contributed by atoms with van der Waals surface area (Å²) in [5.41, 5.74) is 0.916. The number of ether oxygens (including phenoxy) is 1. The van der Waals surface area contributed by atoms with Crippen molar-refractivity contribution in [1.29, 1.82) is 0 Å². The zero-order valence-electron chi connectivity index (χ0n) is 14.1. The lowest BCUT2D eigenvalue weighted by Gasteiger charge is -2.41. The molecule has 2 aliphatic rings. The summed E-state index contributed by atoms with van der Waals surface area (Å²) in [4.78, 5) is 14.8. The number of carbonyl (C=O) groups excluding carboxylic acids is 1. The van der Waals surface area contributed by atoms with E-state index in [1.165, 1.54) is 25.7 Å². The Morgan fingerprint density at radius 3 is 2.70 bits per heavy atom. The molecule has 1 N–H and O–H groups in total. The van der Waals surface area contributed by atoms with Gasteiger partial charge in [-0.3, -0.25) is 0 Å². The van der Waals surface area contributed by atoms with E-state index in [0.29, 0.717) is 19.1 Å². The van der Waals surface area contributed by atoms with Gasteiger partial charge in [0, 0.05) is 25.3 Å². The summed E-state index contributed by atoms with van der Waals surface area (Å²) in [5, 5.41) is 3.12. The van der Waals surface area contributed by atoms with Crippen LogP contribution in [0.4, 0.5) is 4.79 Å². The van der Waals surface area contributed by atoms with E-state index in [9.17, 15) is 4.79 Å². The molecule has 0 atom stereocenters. The summed E-state index contributed by atoms with van der Waals surface area (Å²) in [5.74, 6) is 0. The molecule has 0 radical (unpaired) electrons. The molecule has 2 saturated carbocycles. The van der Waals surface area contributed by atoms with Crippen molar-refractivity contribution in [2.45, 2.75) is 69.6 Å². The maximum Gasteiger partial charge on any atom is 0.318 e. The van der Waals surface area contributed by atoms with E-state index in [2.05, 4.69) is 5.32 Å². The quantitative estimate of drug-likeness (QED) is 0.869. The summed E-state index contributed by atoms with van der Waals surface area (Å²) in [6.45, 7) is 1.23. The number of hydrogen-bond acceptors (Lipinski definition) is 3. The fourth-order valence-corrected chi connectivity index (χ4v) is 3.70. The predicted molar refractivity (Wildman–Crippen MR) is 88.1 cm³/mol. The minimum atomic E-state index is -0.135. The van der Waals surface area contributed by atoms with Crippen molar-refractivity contribution in [2.24, 2.45) is 0 Å². The van der Waals surface area contributed by atoms with Crippen molar-refractivity contribution in [1.82, 2.24) is 10.2 Å². The first kappa shape index (κ1) is 16.4. The highest BCUT2D eigenvalue weighted by Crippen LogP contribution is 2.34. The van der Waals surface area contributed by atoms with Gasteiger partial charge in [-0.2, -0.15) is 0 Å². The molecule has 23 heavy (non-hydrogen) atoms. The molecule has 2 amide bonds. The molecule has 1 aromatic heterocycles. The summed E-state index contributed by atoms with van der Waals surface area (Å²) < 4.78 is 10.8. The molecule has 3 rings (SSSR count). The number of nitrogens with one attached hydrogen (secondary N) is 1. The van der Waals surface area contributed by atoms with Crippen LogP contribution in [0.1, 0.15) is 56.9 Å². The Bertz CT molecular complexity index is 485. The number of furan rings is 1. The molecule has 0 unspecified atom stereocenters. The van der Waals surface area contributed by atoms with Crippen molar-refractivity contribution in [3.8, 4) is 0 Å². The Morgan fingerprint density at radius 1 is 1.35 bits per heavy atom. The van der Waals surface area contributed by atoms with Crippen molar-refractivity contribution in [3.05, 3.63) is 24.2 Å². The number of carbonyl (C=O) groups is 1. The SMILES string of the molecule is COC1(CNC(=O)N(Cc2ccoc2)C2CCCCC2)CCC1. The third-order valence-corrected chi connectivity index (χ3v) is 5.47. The summed E-state index contributed by atoms with van der Waals surface area (Å²) >= 11 is 0. The van der Waals surface area contributed by atoms with Crippen molar-refractivity contribution in [3.63, 3.8) is 0 Å². The lowest BCUT2D eigenvalue weighted by molar-refractivity contribution is -0.0681. The maximum atomic E-state index is 12.8. The molecular weight excluding hydrogens is 292 g/mol. The van der Waals surface area contributed by atoms with Crippen LogP contribution in [-0.2, 0) is 11.3 Å². The highest BCUT2D eigenvalue weighted by Gasteiger charge is 2.38. The topological polar surface area (TPSA) is 54.7 Å². The van der Waals surface area contributed by atoms with Crippen LogP contribution in [0.5, 0.6) is 0 Å². The van der Waals surface area contributed by atoms with E-state index in [0.717, 1.165) is 31.2 Å². The second-order valence-corrected chi connectivity index (χ2v) is 6.95. The molecule has 1 heterocycles. The van der Waals surface area contributed by atoms with E-state index >= 15 is 0 Å². The number of hydrogen-bond donors (Lipinski definition) is 1. The summed E-state index contributed by atoms with van der Waals surface area (Å²) in [7, 11) is 1.75. The molecule has 0 bridgehead atoms. The van der Waals surface area contributed by atoms with Crippen LogP contribution in [0, 0.1) is 0 Å². The number of nitrogens with zero attached hydrogens (tertiary/aromatic N) is 1. The Balaban J connectivity index is 1.62. The molecule has 0 aliphatic heterocycles. The second kappa shape index (κ2) is 7.39. The minimum absolute atomic E-state index is 0.0291. The lowest BCUT2D eigenvalue weighted by Crippen LogP contribution is -2.53. The Labute approximate surface area is 138 Å². The zero-order valence-corrected chi connectivity index (χ0v) is 14.1. The van der Waals surface area contributed by atoms with Gasteiger partial charge < -0.3 is 19.4 Å². The monoisotopic (exact) mass is 320 g/mol. The third kappa shape index (κ3) is 3.89. The molecule has 128 valence electrons. The first-order valence-corrected chi connectivity index (χ1v) is 8.83. The lowest BCUT2D eigenvalue weighted by atomic mass is 9.80. The van der Waals surface area contributed by atoms with E-state index in [1.54, 1.807) is 19.6 Å². The number of rotatable bonds is 6. The van der Waals surface area contributed by atoms with Crippen LogP contribution in [-0.4, -0.2) is 36.2 Å². The standard InChI is InChI=1S/C18H28N2O3/c1-22-18(9-5-10-18)14-19-17(21)20(12-15-8-11-23-13-15)16-6-3-2-4-7-16/h8,11,13,16H,2-7,9-10,12,14H2,1H3,(H,19,21). The first-order valence-electron chi connectivity index (χ1n) is 8.83. The number of urea groups is 1. The molecule has 5 heteroatoms. The summed E-state index contributed by atoms with van der Waals surface area (Å²) in [6.07, 6.45) is 12.6. The Morgan fingerprint density at radius 2 is 2.13 bits per heavy atom. The highest BCUT2D eigenvalue weighted by molar-refractivity contribution is 5.74. The molecule has 5 nitrogen and oxygen atoms in total. The fraction of sp³-hybridized carbons (Fsp3) is 0.722. The normalized spacial score (nSPS) is 20.7. The van der Waals surface area contributed by atoms with E-state index in [1.807, 2.05) is 11.0 Å². The van der Waals surface area contributed by atoms with Crippen LogP contribution in [0.25, 0.3) is 0 Å². The van der Waals surface area contributed by atoms with Crippen LogP contribution in [0.2, 0.25) is 0 Å². The van der Waals surface area contributed by atoms with Crippen molar-refractivity contribution >= 4 is 6.03 Å². The summed E-state index contributed by atoms with van der Waals surface area (Å²) in [6, 6.07) is 2.30. The van der Waals surface area contributed by atoms with Gasteiger partial charge in [0.25, 0.3) is 0 Å². The molecule has 1 aromatic rings. The van der Waals surface area contributed by atoms with E-state index in [4.69, 9.17) is 9.15 Å². The van der Waals surface area contributed by atoms with Crippen LogP contribution < -0.4 is 5.32 Å². The smallest absolute Gasteiger partial charge is 0.318 e. The number of amides is 2. The van der Waals surface area contributed by atoms with Gasteiger partial charge in [0.15, 0.2) is 0 Å². The van der Waals surface area contributed by atoms with Gasteiger partial charge in [-0.1, -0.05) is 19.3 Å². The molecule has 2 aliphatic carbocycles. The van der Waals surface area contributed by atoms with E-state index in [-0.39, 0.29) is 11.6 Å². The van der Waals surface area contributed by atoms with E-state index < -0.39 is 0 Å². The third-order valence-electron chi connectivity index (χ3n) is 5.47. The van der Waals surface area contributed by atoms with Gasteiger partial charge in [-0.05, 0) is 38.2 Å². The van der Waals surface area contributed by atoms with Gasteiger partial charge in [0.05, 0.1) is 24.7 Å². The maximum absolute atomic E-state index is 12.8. The molecule has 0 aromatic carbocycles. The Kier molecular flexibility index (Phi) is 5.26. The van der Waals surface area contributed by atoms with Gasteiger partial charge in [0.1, 0.15) is 0 Å². The predicted octanol–water partition coefficient (Wildman–Crippen LogP) is 3.69. The number of methoxy groups -OCH3 is 1. The van der Waals surface area contributed by atoms with Gasteiger partial charge in [-0.25, -0.2) is 4.79 Å². The molecule has 2 fully saturated rings. The fourth-order valence-electron chi connectivity index (χ4n) is 3.70. The average Bonchev–Trinajstić information content (AvgIpc) is 3.06. The highest BCUT2D eigenvalue weighted by atomic mass is 16.5. The van der Waals surface area contributed by atoms with Crippen LogP contribution in [0.3, 0.4) is 0 Å². The average molecular weight is 320 g/mol. The van der Waals surface area contributed by atoms with Crippen LogP contribution >= 0.6 is 0 Å². The molecular formula is C18H28N2O3. The zero-order chi connectivity index (χ0) is 16.1. The van der Waals surface area contributed by atoms with Gasteiger partial charge in [0.2, 0.25) is 0 Å². The molecule has 0 saturated heterocycles. The van der Waals surface area contributed by atoms with Crippen LogP contribution in [0.15, 0.2) is 23.0 Å². The van der Waals surface area contributed by atoms with Crippen molar-refractivity contribution in [2.75, 3.05) is 13.7 Å². The first-order chi connectivity index (χ1) is 11.2. The van der Waals surface area contributed by atoms with Crippen molar-refractivity contribution < 1.29 is 13.9 Å². The largest absolute Gasteiger partial charge is 0.472 e. The Hall–Kier alpha value is -1.49.